The summed E-state index contributed by atoms with van der Waals surface area (Å²) in [6, 6.07) is 8.00. The third kappa shape index (κ3) is 3.23. The maximum atomic E-state index is 13.2. The molecule has 3 aliphatic heterocycles. The number of nitrogens with one attached hydrogen (secondary N) is 1. The number of hydrogen-bond acceptors (Lipinski definition) is 4. The van der Waals surface area contributed by atoms with Crippen molar-refractivity contribution in [1.82, 2.24) is 15.1 Å². The van der Waals surface area contributed by atoms with Gasteiger partial charge in [0.15, 0.2) is 0 Å². The summed E-state index contributed by atoms with van der Waals surface area (Å²) in [5, 5.41) is 3.11. The monoisotopic (exact) mass is 343 g/mol. The maximum Gasteiger partial charge on any atom is 0.236 e. The highest BCUT2D eigenvalue weighted by molar-refractivity contribution is 5.85. The summed E-state index contributed by atoms with van der Waals surface area (Å²) >= 11 is 0. The highest BCUT2D eigenvalue weighted by Gasteiger charge is 2.36. The first-order valence-corrected chi connectivity index (χ1v) is 9.25. The first kappa shape index (κ1) is 16.4. The lowest BCUT2D eigenvalue weighted by Crippen LogP contribution is -2.58. The molecule has 0 saturated carbocycles. The molecule has 1 aromatic carbocycles. The number of piperazine rings is 1. The van der Waals surface area contributed by atoms with Crippen LogP contribution in [-0.2, 0) is 9.59 Å². The minimum Gasteiger partial charge on any atom is -0.493 e. The molecule has 0 bridgehead atoms. The molecule has 6 nitrogen and oxygen atoms in total. The van der Waals surface area contributed by atoms with Crippen molar-refractivity contribution in [1.29, 1.82) is 0 Å². The third-order valence-electron chi connectivity index (χ3n) is 5.53. The molecule has 2 amide bonds. The van der Waals surface area contributed by atoms with Gasteiger partial charge in [0.05, 0.1) is 19.1 Å². The van der Waals surface area contributed by atoms with Crippen molar-refractivity contribution in [2.75, 3.05) is 39.3 Å². The van der Waals surface area contributed by atoms with Crippen molar-refractivity contribution < 1.29 is 14.3 Å². The predicted molar refractivity (Wildman–Crippen MR) is 93.5 cm³/mol. The van der Waals surface area contributed by atoms with Crippen molar-refractivity contribution in [2.45, 2.75) is 31.2 Å². The van der Waals surface area contributed by atoms with E-state index in [0.29, 0.717) is 19.7 Å². The van der Waals surface area contributed by atoms with Crippen molar-refractivity contribution in [3.8, 4) is 5.75 Å². The van der Waals surface area contributed by atoms with Gasteiger partial charge >= 0.3 is 0 Å². The molecule has 0 spiro atoms. The van der Waals surface area contributed by atoms with E-state index in [9.17, 15) is 9.59 Å². The standard InChI is InChI=1S/C19H25N3O3/c23-18-12-20-8-10-22(18)14-4-3-9-21(13-14)19(24)16-7-11-25-17-6-2-1-5-15(16)17/h1-2,5-6,14,16,20H,3-4,7-13H2. The number of amides is 2. The van der Waals surface area contributed by atoms with Crippen LogP contribution < -0.4 is 10.1 Å². The number of carbonyl (C=O) groups is 2. The number of ether oxygens (including phenoxy) is 1. The van der Waals surface area contributed by atoms with E-state index in [2.05, 4.69) is 5.32 Å². The van der Waals surface area contributed by atoms with E-state index in [4.69, 9.17) is 4.74 Å². The van der Waals surface area contributed by atoms with Crippen LogP contribution in [0, 0.1) is 0 Å². The number of para-hydroxylation sites is 1. The first-order valence-electron chi connectivity index (χ1n) is 9.25. The topological polar surface area (TPSA) is 61.9 Å². The summed E-state index contributed by atoms with van der Waals surface area (Å²) in [6.07, 6.45) is 2.67. The van der Waals surface area contributed by atoms with E-state index in [-0.39, 0.29) is 23.8 Å². The molecule has 0 aliphatic carbocycles. The summed E-state index contributed by atoms with van der Waals surface area (Å²) in [5.41, 5.74) is 0.999. The van der Waals surface area contributed by atoms with Crippen LogP contribution >= 0.6 is 0 Å². The fourth-order valence-electron chi connectivity index (χ4n) is 4.24. The van der Waals surface area contributed by atoms with Gasteiger partial charge in [-0.2, -0.15) is 0 Å². The molecule has 1 aromatic rings. The van der Waals surface area contributed by atoms with E-state index in [1.165, 1.54) is 0 Å². The zero-order valence-corrected chi connectivity index (χ0v) is 14.4. The first-order chi connectivity index (χ1) is 12.2. The second kappa shape index (κ2) is 7.04. The largest absolute Gasteiger partial charge is 0.493 e. The molecule has 2 atom stereocenters. The second-order valence-electron chi connectivity index (χ2n) is 7.07. The van der Waals surface area contributed by atoms with Gasteiger partial charge in [0.1, 0.15) is 5.75 Å². The van der Waals surface area contributed by atoms with Crippen molar-refractivity contribution in [3.63, 3.8) is 0 Å². The Kier molecular flexibility index (Phi) is 4.61. The summed E-state index contributed by atoms with van der Waals surface area (Å²) in [6.45, 7) is 4.02. The highest BCUT2D eigenvalue weighted by atomic mass is 16.5. The molecule has 0 aromatic heterocycles. The van der Waals surface area contributed by atoms with Crippen LogP contribution in [0.4, 0.5) is 0 Å². The van der Waals surface area contributed by atoms with Gasteiger partial charge in [0, 0.05) is 37.8 Å². The third-order valence-corrected chi connectivity index (χ3v) is 5.53. The van der Waals surface area contributed by atoms with Crippen LogP contribution in [0.3, 0.4) is 0 Å². The molecule has 25 heavy (non-hydrogen) atoms. The Hall–Kier alpha value is -2.08. The zero-order valence-electron chi connectivity index (χ0n) is 14.4. The van der Waals surface area contributed by atoms with Crippen LogP contribution in [0.15, 0.2) is 24.3 Å². The van der Waals surface area contributed by atoms with Crippen LogP contribution in [-0.4, -0.2) is 67.0 Å². The van der Waals surface area contributed by atoms with Crippen molar-refractivity contribution >= 4 is 11.8 Å². The number of benzene rings is 1. The molecule has 3 heterocycles. The highest BCUT2D eigenvalue weighted by Crippen LogP contribution is 2.35. The second-order valence-corrected chi connectivity index (χ2v) is 7.07. The Bertz CT molecular complexity index is 663. The number of nitrogens with zero attached hydrogens (tertiary/aromatic N) is 2. The normalized spacial score (nSPS) is 26.8. The fourth-order valence-corrected chi connectivity index (χ4v) is 4.24. The molecule has 2 saturated heterocycles. The molecule has 6 heteroatoms. The Morgan fingerprint density at radius 1 is 1.20 bits per heavy atom. The van der Waals surface area contributed by atoms with Gasteiger partial charge in [-0.1, -0.05) is 18.2 Å². The molecule has 3 aliphatic rings. The summed E-state index contributed by atoms with van der Waals surface area (Å²) in [5.74, 6) is 1.05. The fraction of sp³-hybridized carbons (Fsp3) is 0.579. The molecular formula is C19H25N3O3. The lowest BCUT2D eigenvalue weighted by atomic mass is 9.90. The number of piperidine rings is 1. The van der Waals surface area contributed by atoms with Crippen molar-refractivity contribution in [2.24, 2.45) is 0 Å². The van der Waals surface area contributed by atoms with Gasteiger partial charge < -0.3 is 19.9 Å². The smallest absolute Gasteiger partial charge is 0.236 e. The van der Waals surface area contributed by atoms with E-state index in [1.807, 2.05) is 34.1 Å². The molecular weight excluding hydrogens is 318 g/mol. The lowest BCUT2D eigenvalue weighted by molar-refractivity contribution is -0.141. The SMILES string of the molecule is O=C(C1CCOc2ccccc21)N1CCCC(N2CCNCC2=O)C1. The Labute approximate surface area is 148 Å². The van der Waals surface area contributed by atoms with E-state index < -0.39 is 0 Å². The molecule has 1 N–H and O–H groups in total. The summed E-state index contributed by atoms with van der Waals surface area (Å²) < 4.78 is 5.69. The van der Waals surface area contributed by atoms with Crippen LogP contribution in [0.1, 0.15) is 30.7 Å². The number of fused-ring (bicyclic) bond motifs is 1. The van der Waals surface area contributed by atoms with Crippen molar-refractivity contribution in [3.05, 3.63) is 29.8 Å². The molecule has 0 radical (unpaired) electrons. The number of hydrogen-bond donors (Lipinski definition) is 1. The Morgan fingerprint density at radius 3 is 2.96 bits per heavy atom. The van der Waals surface area contributed by atoms with Gasteiger partial charge in [0.2, 0.25) is 11.8 Å². The molecule has 2 fully saturated rings. The zero-order chi connectivity index (χ0) is 17.2. The number of carbonyl (C=O) groups excluding carboxylic acids is 2. The molecule has 2 unspecified atom stereocenters. The average Bonchev–Trinajstić information content (AvgIpc) is 2.67. The van der Waals surface area contributed by atoms with Gasteiger partial charge in [-0.15, -0.1) is 0 Å². The van der Waals surface area contributed by atoms with E-state index >= 15 is 0 Å². The van der Waals surface area contributed by atoms with Crippen LogP contribution in [0.5, 0.6) is 5.75 Å². The predicted octanol–water partition coefficient (Wildman–Crippen LogP) is 0.975. The lowest BCUT2D eigenvalue weighted by Gasteiger charge is -2.42. The van der Waals surface area contributed by atoms with Gasteiger partial charge in [0.25, 0.3) is 0 Å². The van der Waals surface area contributed by atoms with Gasteiger partial charge in [-0.25, -0.2) is 0 Å². The summed E-state index contributed by atoms with van der Waals surface area (Å²) in [4.78, 5) is 29.3. The average molecular weight is 343 g/mol. The van der Waals surface area contributed by atoms with E-state index in [0.717, 1.165) is 50.2 Å². The number of likely N-dealkylation sites (tertiary alicyclic amines) is 1. The van der Waals surface area contributed by atoms with E-state index in [1.54, 1.807) is 0 Å². The van der Waals surface area contributed by atoms with Crippen LogP contribution in [0.25, 0.3) is 0 Å². The molecule has 134 valence electrons. The van der Waals surface area contributed by atoms with Gasteiger partial charge in [-0.05, 0) is 25.3 Å². The summed E-state index contributed by atoms with van der Waals surface area (Å²) in [7, 11) is 0. The van der Waals surface area contributed by atoms with Gasteiger partial charge in [-0.3, -0.25) is 9.59 Å². The number of rotatable bonds is 2. The Balaban J connectivity index is 1.48. The molecule has 4 rings (SSSR count). The minimum atomic E-state index is -0.123. The maximum absolute atomic E-state index is 13.2. The Morgan fingerprint density at radius 2 is 2.08 bits per heavy atom. The quantitative estimate of drug-likeness (QED) is 0.869. The minimum absolute atomic E-state index is 0.123. The van der Waals surface area contributed by atoms with Crippen LogP contribution in [0.2, 0.25) is 0 Å².